The van der Waals surface area contributed by atoms with Gasteiger partial charge in [0.1, 0.15) is 16.3 Å². The Balaban J connectivity index is 0.000000487. The van der Waals surface area contributed by atoms with E-state index in [9.17, 15) is 20.2 Å². The van der Waals surface area contributed by atoms with Crippen molar-refractivity contribution in [3.05, 3.63) is 44.5 Å². The number of hydrogen-bond acceptors (Lipinski definition) is 5. The molecule has 0 amide bonds. The number of rotatable bonds is 3. The van der Waals surface area contributed by atoms with Crippen LogP contribution < -0.4 is 0 Å². The zero-order valence-corrected chi connectivity index (χ0v) is 8.91. The van der Waals surface area contributed by atoms with Gasteiger partial charge >= 0.3 is 5.66 Å². The van der Waals surface area contributed by atoms with E-state index in [1.165, 1.54) is 12.2 Å². The van der Waals surface area contributed by atoms with E-state index in [1.54, 1.807) is 6.08 Å². The van der Waals surface area contributed by atoms with Crippen molar-refractivity contribution in [1.29, 1.82) is 0 Å². The molecule has 1 rings (SSSR count). The van der Waals surface area contributed by atoms with Crippen LogP contribution in [0.1, 0.15) is 19.8 Å². The molecule has 0 unspecified atom stereocenters. The van der Waals surface area contributed by atoms with E-state index in [1.807, 2.05) is 6.92 Å². The molecule has 0 fully saturated rings. The van der Waals surface area contributed by atoms with Crippen LogP contribution in [0.25, 0.3) is 0 Å². The minimum absolute atomic E-state index is 0.191. The van der Waals surface area contributed by atoms with Crippen LogP contribution in [-0.4, -0.2) is 27.2 Å². The lowest BCUT2D eigenvalue weighted by atomic mass is 10.0. The van der Waals surface area contributed by atoms with Crippen molar-refractivity contribution >= 4 is 0 Å². The van der Waals surface area contributed by atoms with Crippen LogP contribution in [0.5, 0.6) is 0 Å². The van der Waals surface area contributed by atoms with Gasteiger partial charge in [-0.2, -0.15) is 0 Å². The van der Waals surface area contributed by atoms with Gasteiger partial charge < -0.3 is 5.11 Å². The summed E-state index contributed by atoms with van der Waals surface area (Å²) in [6.45, 7) is 2.25. The SMILES string of the molecule is CCCO.O=[N+]([O-])C1([N+](=O)[O-])C=CC=CC1. The molecular formula is C9H14N2O5. The lowest BCUT2D eigenvalue weighted by Crippen LogP contribution is -2.44. The molecule has 7 heteroatoms. The second-order valence-electron chi connectivity index (χ2n) is 3.11. The molecule has 0 heterocycles. The van der Waals surface area contributed by atoms with E-state index in [2.05, 4.69) is 0 Å². The maximum Gasteiger partial charge on any atom is 0.481 e. The standard InChI is InChI=1S/C6H6N2O4.C3H8O/c9-7(10)6(8(11)12)4-2-1-3-5-6;1-2-3-4/h1-4H,5H2;4H,2-3H2,1H3. The topological polar surface area (TPSA) is 107 Å². The van der Waals surface area contributed by atoms with Gasteiger partial charge in [0.25, 0.3) is 0 Å². The monoisotopic (exact) mass is 230 g/mol. The highest BCUT2D eigenvalue weighted by atomic mass is 16.7. The maximum absolute atomic E-state index is 10.4. The van der Waals surface area contributed by atoms with Gasteiger partial charge in [-0.3, -0.25) is 20.2 Å². The molecular weight excluding hydrogens is 216 g/mol. The summed E-state index contributed by atoms with van der Waals surface area (Å²) in [4.78, 5) is 19.0. The van der Waals surface area contributed by atoms with E-state index in [0.29, 0.717) is 6.61 Å². The Kier molecular flexibility index (Phi) is 5.94. The first-order chi connectivity index (χ1) is 7.51. The number of nitro groups is 2. The Bertz CT molecular complexity index is 295. The first kappa shape index (κ1) is 14.2. The van der Waals surface area contributed by atoms with Crippen molar-refractivity contribution < 1.29 is 15.0 Å². The van der Waals surface area contributed by atoms with Crippen molar-refractivity contribution in [3.63, 3.8) is 0 Å². The molecule has 0 aliphatic heterocycles. The fraction of sp³-hybridized carbons (Fsp3) is 0.556. The van der Waals surface area contributed by atoms with E-state index >= 15 is 0 Å². The Morgan fingerprint density at radius 1 is 1.31 bits per heavy atom. The van der Waals surface area contributed by atoms with Crippen LogP contribution in [0.2, 0.25) is 0 Å². The highest BCUT2D eigenvalue weighted by molar-refractivity contribution is 5.14. The van der Waals surface area contributed by atoms with Crippen LogP contribution in [-0.2, 0) is 0 Å². The third-order valence-electron chi connectivity index (χ3n) is 1.88. The summed E-state index contributed by atoms with van der Waals surface area (Å²) in [6, 6.07) is 0. The van der Waals surface area contributed by atoms with E-state index in [-0.39, 0.29) is 6.42 Å². The van der Waals surface area contributed by atoms with Gasteiger partial charge in [-0.05, 0) is 6.42 Å². The van der Waals surface area contributed by atoms with Crippen LogP contribution in [0.4, 0.5) is 0 Å². The minimum Gasteiger partial charge on any atom is -0.396 e. The van der Waals surface area contributed by atoms with Gasteiger partial charge in [-0.1, -0.05) is 25.2 Å². The summed E-state index contributed by atoms with van der Waals surface area (Å²) in [5, 5.41) is 28.7. The van der Waals surface area contributed by atoms with Gasteiger partial charge in [-0.15, -0.1) is 0 Å². The molecule has 0 saturated carbocycles. The molecule has 0 aromatic heterocycles. The van der Waals surface area contributed by atoms with E-state index in [0.717, 1.165) is 12.5 Å². The van der Waals surface area contributed by atoms with Gasteiger partial charge in [0.2, 0.25) is 0 Å². The quantitative estimate of drug-likeness (QED) is 0.444. The Hall–Kier alpha value is -1.76. The lowest BCUT2D eigenvalue weighted by molar-refractivity contribution is -0.780. The van der Waals surface area contributed by atoms with Crippen molar-refractivity contribution in [2.24, 2.45) is 0 Å². The molecule has 0 aromatic carbocycles. The number of aliphatic hydroxyl groups is 1. The fourth-order valence-electron chi connectivity index (χ4n) is 0.935. The summed E-state index contributed by atoms with van der Waals surface area (Å²) < 4.78 is 0. The van der Waals surface area contributed by atoms with Crippen LogP contribution in [0, 0.1) is 20.2 Å². The van der Waals surface area contributed by atoms with Crippen molar-refractivity contribution in [1.82, 2.24) is 0 Å². The zero-order chi connectivity index (χ0) is 12.6. The smallest absolute Gasteiger partial charge is 0.396 e. The molecule has 16 heavy (non-hydrogen) atoms. The summed E-state index contributed by atoms with van der Waals surface area (Å²) in [7, 11) is 0. The van der Waals surface area contributed by atoms with Crippen LogP contribution in [0.15, 0.2) is 24.3 Å². The zero-order valence-electron chi connectivity index (χ0n) is 8.91. The predicted molar refractivity (Wildman–Crippen MR) is 57.0 cm³/mol. The second kappa shape index (κ2) is 6.67. The van der Waals surface area contributed by atoms with Crippen molar-refractivity contribution in [2.75, 3.05) is 6.61 Å². The average molecular weight is 230 g/mol. The van der Waals surface area contributed by atoms with Crippen LogP contribution >= 0.6 is 0 Å². The molecule has 1 aliphatic rings. The minimum atomic E-state index is -2.14. The summed E-state index contributed by atoms with van der Waals surface area (Å²) >= 11 is 0. The Morgan fingerprint density at radius 3 is 2.00 bits per heavy atom. The summed E-state index contributed by atoms with van der Waals surface area (Å²) in [5.74, 6) is 0. The van der Waals surface area contributed by atoms with Crippen molar-refractivity contribution in [2.45, 2.75) is 25.4 Å². The van der Waals surface area contributed by atoms with E-state index in [4.69, 9.17) is 5.11 Å². The molecule has 1 aliphatic carbocycles. The number of nitrogens with zero attached hydrogens (tertiary/aromatic N) is 2. The number of aliphatic hydroxyl groups excluding tert-OH is 1. The molecule has 0 bridgehead atoms. The highest BCUT2D eigenvalue weighted by Gasteiger charge is 2.52. The molecule has 0 aromatic rings. The normalized spacial score (nSPS) is 16.1. The summed E-state index contributed by atoms with van der Waals surface area (Å²) in [6.07, 6.45) is 5.95. The third kappa shape index (κ3) is 3.43. The van der Waals surface area contributed by atoms with E-state index < -0.39 is 15.5 Å². The van der Waals surface area contributed by atoms with Crippen molar-refractivity contribution in [3.8, 4) is 0 Å². The van der Waals surface area contributed by atoms with Gasteiger partial charge in [0.05, 0.1) is 6.08 Å². The number of allylic oxidation sites excluding steroid dienone is 2. The fourth-order valence-corrected chi connectivity index (χ4v) is 0.935. The number of hydrogen-bond donors (Lipinski definition) is 1. The predicted octanol–water partition coefficient (Wildman–Crippen LogP) is 1.14. The van der Waals surface area contributed by atoms with Gasteiger partial charge in [-0.25, -0.2) is 0 Å². The molecule has 0 radical (unpaired) electrons. The molecule has 90 valence electrons. The highest BCUT2D eigenvalue weighted by Crippen LogP contribution is 2.21. The lowest BCUT2D eigenvalue weighted by Gasteiger charge is -2.12. The summed E-state index contributed by atoms with van der Waals surface area (Å²) in [5.41, 5.74) is -2.14. The van der Waals surface area contributed by atoms with Gasteiger partial charge in [0.15, 0.2) is 0 Å². The van der Waals surface area contributed by atoms with Gasteiger partial charge in [0, 0.05) is 6.61 Å². The molecule has 0 atom stereocenters. The second-order valence-corrected chi connectivity index (χ2v) is 3.11. The molecule has 0 saturated heterocycles. The molecule has 7 nitrogen and oxygen atoms in total. The first-order valence-corrected chi connectivity index (χ1v) is 4.75. The molecule has 0 spiro atoms. The van der Waals surface area contributed by atoms with Crippen LogP contribution in [0.3, 0.4) is 0 Å². The third-order valence-corrected chi connectivity index (χ3v) is 1.88. The Morgan fingerprint density at radius 2 is 1.81 bits per heavy atom. The maximum atomic E-state index is 10.4. The Labute approximate surface area is 92.4 Å². The first-order valence-electron chi connectivity index (χ1n) is 4.75. The average Bonchev–Trinajstić information content (AvgIpc) is 2.30. The molecule has 1 N–H and O–H groups in total. The largest absolute Gasteiger partial charge is 0.481 e.